The molecule has 0 spiro atoms. The summed E-state index contributed by atoms with van der Waals surface area (Å²) < 4.78 is 0. The molecular weight excluding hydrogens is 270 g/mol. The third-order valence-electron chi connectivity index (χ3n) is 5.47. The van der Waals surface area contributed by atoms with E-state index in [1.807, 2.05) is 0 Å². The third kappa shape index (κ3) is 4.96. The smallest absolute Gasteiger partial charge is 0.0693 e. The van der Waals surface area contributed by atoms with E-state index in [2.05, 4.69) is 43.1 Å². The van der Waals surface area contributed by atoms with Crippen LogP contribution >= 0.6 is 0 Å². The summed E-state index contributed by atoms with van der Waals surface area (Å²) in [7, 11) is 0. The molecular formula is C20H35NO. The van der Waals surface area contributed by atoms with E-state index in [9.17, 15) is 5.11 Å². The van der Waals surface area contributed by atoms with Crippen molar-refractivity contribution in [1.82, 2.24) is 4.90 Å². The lowest BCUT2D eigenvalue weighted by Crippen LogP contribution is -2.57. The fourth-order valence-electron chi connectivity index (χ4n) is 4.11. The zero-order valence-electron chi connectivity index (χ0n) is 14.6. The molecule has 4 atom stereocenters. The number of piperidine rings is 2. The summed E-state index contributed by atoms with van der Waals surface area (Å²) in [5.41, 5.74) is 0. The van der Waals surface area contributed by atoms with E-state index in [1.54, 1.807) is 0 Å². The summed E-state index contributed by atoms with van der Waals surface area (Å²) in [6.07, 6.45) is 21.6. The van der Waals surface area contributed by atoms with Gasteiger partial charge in [0.1, 0.15) is 0 Å². The summed E-state index contributed by atoms with van der Waals surface area (Å²) in [5, 5.41) is 10.2. The van der Waals surface area contributed by atoms with Crippen LogP contribution in [-0.2, 0) is 0 Å². The molecule has 0 aliphatic carbocycles. The zero-order chi connectivity index (χ0) is 15.8. The maximum absolute atomic E-state index is 10.2. The van der Waals surface area contributed by atoms with Crippen molar-refractivity contribution in [3.63, 3.8) is 0 Å². The molecule has 0 bridgehead atoms. The first-order valence-corrected chi connectivity index (χ1v) is 9.53. The Kier molecular flexibility index (Phi) is 7.68. The lowest BCUT2D eigenvalue weighted by molar-refractivity contribution is -0.0460. The highest BCUT2D eigenvalue weighted by molar-refractivity contribution is 5.09. The van der Waals surface area contributed by atoms with Crippen LogP contribution in [0.3, 0.4) is 0 Å². The van der Waals surface area contributed by atoms with E-state index >= 15 is 0 Å². The number of nitrogens with zero attached hydrogens (tertiary/aromatic N) is 1. The molecule has 0 aromatic carbocycles. The summed E-state index contributed by atoms with van der Waals surface area (Å²) in [6, 6.07) is 1.53. The van der Waals surface area contributed by atoms with Crippen LogP contribution in [0.25, 0.3) is 0 Å². The highest BCUT2D eigenvalue weighted by Crippen LogP contribution is 2.34. The Labute approximate surface area is 137 Å². The number of fused-ring (bicyclic) bond motifs is 1. The fraction of sp³-hybridized carbons (Fsp3) is 0.800. The van der Waals surface area contributed by atoms with Crippen molar-refractivity contribution >= 4 is 0 Å². The van der Waals surface area contributed by atoms with Crippen molar-refractivity contribution in [2.75, 3.05) is 0 Å². The largest absolute Gasteiger partial charge is 0.392 e. The van der Waals surface area contributed by atoms with Crippen molar-refractivity contribution in [1.29, 1.82) is 0 Å². The van der Waals surface area contributed by atoms with Gasteiger partial charge < -0.3 is 5.11 Å². The van der Waals surface area contributed by atoms with Gasteiger partial charge in [0, 0.05) is 18.1 Å². The minimum Gasteiger partial charge on any atom is -0.392 e. The molecule has 2 nitrogen and oxygen atoms in total. The molecule has 0 radical (unpaired) electrons. The van der Waals surface area contributed by atoms with Crippen LogP contribution in [0.5, 0.6) is 0 Å². The molecule has 2 saturated heterocycles. The molecule has 0 amide bonds. The van der Waals surface area contributed by atoms with Gasteiger partial charge in [0.25, 0.3) is 0 Å². The Bertz CT molecular complexity index is 361. The van der Waals surface area contributed by atoms with E-state index in [4.69, 9.17) is 0 Å². The Morgan fingerprint density at radius 1 is 1.05 bits per heavy atom. The zero-order valence-corrected chi connectivity index (χ0v) is 14.6. The van der Waals surface area contributed by atoms with E-state index in [0.29, 0.717) is 18.1 Å². The Balaban J connectivity index is 1.80. The highest BCUT2D eigenvalue weighted by atomic mass is 16.3. The first-order valence-electron chi connectivity index (χ1n) is 9.53. The van der Waals surface area contributed by atoms with E-state index < -0.39 is 0 Å². The van der Waals surface area contributed by atoms with Crippen LogP contribution in [0, 0.1) is 0 Å². The van der Waals surface area contributed by atoms with Crippen LogP contribution < -0.4 is 0 Å². The van der Waals surface area contributed by atoms with Crippen LogP contribution in [0.1, 0.15) is 78.1 Å². The second-order valence-corrected chi connectivity index (χ2v) is 7.15. The van der Waals surface area contributed by atoms with Crippen LogP contribution in [-0.4, -0.2) is 34.2 Å². The van der Waals surface area contributed by atoms with Crippen molar-refractivity contribution < 1.29 is 5.11 Å². The lowest BCUT2D eigenvalue weighted by atomic mass is 9.84. The summed E-state index contributed by atoms with van der Waals surface area (Å²) >= 11 is 0. The van der Waals surface area contributed by atoms with Crippen LogP contribution in [0.4, 0.5) is 0 Å². The normalized spacial score (nSPS) is 33.6. The van der Waals surface area contributed by atoms with Gasteiger partial charge in [-0.1, -0.05) is 56.9 Å². The molecule has 0 aromatic heterocycles. The van der Waals surface area contributed by atoms with Gasteiger partial charge in [-0.15, -0.1) is 0 Å². The topological polar surface area (TPSA) is 23.5 Å². The molecule has 0 unspecified atom stereocenters. The summed E-state index contributed by atoms with van der Waals surface area (Å²) in [4.78, 5) is 2.59. The predicted octanol–water partition coefficient (Wildman–Crippen LogP) is 4.84. The first-order chi connectivity index (χ1) is 10.7. The summed E-state index contributed by atoms with van der Waals surface area (Å²) in [6.45, 7) is 4.46. The minimum atomic E-state index is -0.139. The van der Waals surface area contributed by atoms with Gasteiger partial charge in [0.2, 0.25) is 0 Å². The number of aliphatic hydroxyl groups is 1. The number of unbranched alkanes of at least 4 members (excludes halogenated alkanes) is 4. The maximum atomic E-state index is 10.2. The lowest BCUT2D eigenvalue weighted by Gasteiger charge is -2.49. The average Bonchev–Trinajstić information content (AvgIpc) is 2.53. The third-order valence-corrected chi connectivity index (χ3v) is 5.47. The van der Waals surface area contributed by atoms with Gasteiger partial charge in [0.15, 0.2) is 0 Å². The SMILES string of the molecule is CCCCCC/C=C/C=C/[C@@H]1CCC[C@H]2CC[C@@H](O)[C@H](C)N21. The molecule has 2 heteroatoms. The molecule has 2 aliphatic heterocycles. The number of aliphatic hydroxyl groups excluding tert-OH is 1. The molecule has 0 saturated carbocycles. The Morgan fingerprint density at radius 2 is 1.91 bits per heavy atom. The molecule has 22 heavy (non-hydrogen) atoms. The van der Waals surface area contributed by atoms with Gasteiger partial charge in [-0.3, -0.25) is 4.90 Å². The van der Waals surface area contributed by atoms with E-state index in [1.165, 1.54) is 57.8 Å². The van der Waals surface area contributed by atoms with Gasteiger partial charge in [-0.05, 0) is 45.4 Å². The Hall–Kier alpha value is -0.600. The second kappa shape index (κ2) is 9.52. The number of hydrogen-bond donors (Lipinski definition) is 1. The predicted molar refractivity (Wildman–Crippen MR) is 95.0 cm³/mol. The number of rotatable bonds is 7. The van der Waals surface area contributed by atoms with Crippen LogP contribution in [0.2, 0.25) is 0 Å². The molecule has 126 valence electrons. The van der Waals surface area contributed by atoms with Crippen molar-refractivity contribution in [2.24, 2.45) is 0 Å². The second-order valence-electron chi connectivity index (χ2n) is 7.15. The quantitative estimate of drug-likeness (QED) is 0.537. The molecule has 2 heterocycles. The fourth-order valence-corrected chi connectivity index (χ4v) is 4.11. The molecule has 0 aromatic rings. The van der Waals surface area contributed by atoms with Crippen molar-refractivity contribution in [2.45, 2.75) is 102 Å². The number of hydrogen-bond acceptors (Lipinski definition) is 2. The van der Waals surface area contributed by atoms with Gasteiger partial charge in [0.05, 0.1) is 6.10 Å². The van der Waals surface area contributed by atoms with Crippen LogP contribution in [0.15, 0.2) is 24.3 Å². The monoisotopic (exact) mass is 305 g/mol. The standard InChI is InChI=1S/C20H35NO/c1-3-4-5-6-7-8-9-10-12-18-13-11-14-19-15-16-20(22)17(2)21(18)19/h8-10,12,17-20,22H,3-7,11,13-16H2,1-2H3/b9-8+,12-10+/t17-,18+,19-,20+/m0/s1. The van der Waals surface area contributed by atoms with Gasteiger partial charge in [-0.2, -0.15) is 0 Å². The summed E-state index contributed by atoms with van der Waals surface area (Å²) in [5.74, 6) is 0. The molecule has 2 rings (SSSR count). The van der Waals surface area contributed by atoms with E-state index in [-0.39, 0.29) is 6.10 Å². The average molecular weight is 306 g/mol. The minimum absolute atomic E-state index is 0.139. The van der Waals surface area contributed by atoms with Crippen molar-refractivity contribution in [3.05, 3.63) is 24.3 Å². The highest BCUT2D eigenvalue weighted by Gasteiger charge is 2.38. The Morgan fingerprint density at radius 3 is 2.73 bits per heavy atom. The first kappa shape index (κ1) is 17.7. The van der Waals surface area contributed by atoms with E-state index in [0.717, 1.165) is 6.42 Å². The molecule has 1 N–H and O–H groups in total. The molecule has 2 fully saturated rings. The maximum Gasteiger partial charge on any atom is 0.0693 e. The van der Waals surface area contributed by atoms with Crippen molar-refractivity contribution in [3.8, 4) is 0 Å². The van der Waals surface area contributed by atoms with Gasteiger partial charge >= 0.3 is 0 Å². The number of allylic oxidation sites excluding steroid dienone is 3. The van der Waals surface area contributed by atoms with Gasteiger partial charge in [-0.25, -0.2) is 0 Å². The molecule has 2 aliphatic rings.